The number of phenols is 1. The number of para-hydroxylation sites is 1. The van der Waals surface area contributed by atoms with E-state index in [0.29, 0.717) is 17.4 Å². The van der Waals surface area contributed by atoms with Gasteiger partial charge in [0.1, 0.15) is 11.5 Å². The lowest BCUT2D eigenvalue weighted by Crippen LogP contribution is -2.20. The molecule has 4 N–H and O–H groups in total. The summed E-state index contributed by atoms with van der Waals surface area (Å²) in [5.74, 6) is 1.31. The van der Waals surface area contributed by atoms with Gasteiger partial charge in [-0.2, -0.15) is 0 Å². The summed E-state index contributed by atoms with van der Waals surface area (Å²) in [6.07, 6.45) is 18.3. The number of aromatic hydroxyl groups is 1. The molecule has 0 heterocycles. The van der Waals surface area contributed by atoms with Crippen LogP contribution in [0.2, 0.25) is 0 Å². The number of nitrogens with one attached hydrogen (secondary N) is 2. The van der Waals surface area contributed by atoms with Gasteiger partial charge in [-0.1, -0.05) is 82.6 Å². The highest BCUT2D eigenvalue weighted by atomic mass is 16.3. The summed E-state index contributed by atoms with van der Waals surface area (Å²) in [6.45, 7) is 5.74. The van der Waals surface area contributed by atoms with Gasteiger partial charge in [0.15, 0.2) is 0 Å². The van der Waals surface area contributed by atoms with Gasteiger partial charge < -0.3 is 20.8 Å². The van der Waals surface area contributed by atoms with E-state index < -0.39 is 0 Å². The normalized spacial score (nSPS) is 16.2. The second-order valence-corrected chi connectivity index (χ2v) is 9.01. The third kappa shape index (κ3) is 11.4. The summed E-state index contributed by atoms with van der Waals surface area (Å²) in [5.41, 5.74) is 2.04. The van der Waals surface area contributed by atoms with Gasteiger partial charge >= 0.3 is 0 Å². The van der Waals surface area contributed by atoms with Gasteiger partial charge in [0.25, 0.3) is 0 Å². The van der Waals surface area contributed by atoms with E-state index in [-0.39, 0.29) is 0 Å². The molecule has 0 aromatic heterocycles. The summed E-state index contributed by atoms with van der Waals surface area (Å²) in [7, 11) is 0. The molecule has 1 aliphatic carbocycles. The van der Waals surface area contributed by atoms with Crippen LogP contribution in [0.1, 0.15) is 83.1 Å². The molecule has 0 spiro atoms. The van der Waals surface area contributed by atoms with Crippen molar-refractivity contribution in [2.24, 2.45) is 5.92 Å². The lowest BCUT2D eigenvalue weighted by molar-refractivity contribution is 0.404. The van der Waals surface area contributed by atoms with Crippen LogP contribution in [0.3, 0.4) is 0 Å². The van der Waals surface area contributed by atoms with E-state index in [1.165, 1.54) is 64.2 Å². The van der Waals surface area contributed by atoms with E-state index in [1.807, 2.05) is 24.3 Å². The molecule has 0 saturated carbocycles. The molecule has 2 rings (SSSR count). The van der Waals surface area contributed by atoms with Crippen molar-refractivity contribution < 1.29 is 10.2 Å². The highest BCUT2D eigenvalue weighted by Gasteiger charge is 2.10. The maximum atomic E-state index is 9.95. The number of benzene rings is 1. The van der Waals surface area contributed by atoms with Crippen LogP contribution in [-0.2, 0) is 6.54 Å². The fraction of sp³-hybridized carbons (Fsp3) is 0.630. The molecule has 1 aromatic rings. The minimum atomic E-state index is 0.385. The van der Waals surface area contributed by atoms with E-state index in [0.717, 1.165) is 43.7 Å². The minimum absolute atomic E-state index is 0.385. The molecule has 1 atom stereocenters. The second-order valence-electron chi connectivity index (χ2n) is 9.01. The SMILES string of the molecule is CC1C=C(O)C(CNCCCCCCCCCCCCNCc2ccccc2O)=CC1. The summed E-state index contributed by atoms with van der Waals surface area (Å²) in [5, 5.41) is 26.6. The quantitative estimate of drug-likeness (QED) is 0.217. The Kier molecular flexibility index (Phi) is 13.1. The average Bonchev–Trinajstić information content (AvgIpc) is 2.76. The zero-order valence-corrected chi connectivity index (χ0v) is 19.5. The number of aliphatic hydroxyl groups excluding tert-OH is 1. The van der Waals surface area contributed by atoms with Crippen molar-refractivity contribution in [3.8, 4) is 5.75 Å². The lowest BCUT2D eigenvalue weighted by atomic mass is 9.97. The monoisotopic (exact) mass is 428 g/mol. The minimum Gasteiger partial charge on any atom is -0.508 e. The Morgan fingerprint density at radius 1 is 0.774 bits per heavy atom. The smallest absolute Gasteiger partial charge is 0.120 e. The topological polar surface area (TPSA) is 64.5 Å². The zero-order chi connectivity index (χ0) is 22.2. The third-order valence-corrected chi connectivity index (χ3v) is 6.09. The summed E-state index contributed by atoms with van der Waals surface area (Å²) >= 11 is 0. The molecule has 4 nitrogen and oxygen atoms in total. The zero-order valence-electron chi connectivity index (χ0n) is 19.5. The summed E-state index contributed by atoms with van der Waals surface area (Å²) in [4.78, 5) is 0. The lowest BCUT2D eigenvalue weighted by Gasteiger charge is -2.16. The molecule has 1 unspecified atom stereocenters. The van der Waals surface area contributed by atoms with E-state index in [1.54, 1.807) is 6.07 Å². The first-order chi connectivity index (χ1) is 15.2. The van der Waals surface area contributed by atoms with Crippen molar-refractivity contribution in [1.82, 2.24) is 10.6 Å². The van der Waals surface area contributed by atoms with Crippen LogP contribution in [0.4, 0.5) is 0 Å². The highest BCUT2D eigenvalue weighted by Crippen LogP contribution is 2.20. The van der Waals surface area contributed by atoms with Crippen molar-refractivity contribution in [2.45, 2.75) is 84.1 Å². The van der Waals surface area contributed by atoms with Gasteiger partial charge in [0, 0.05) is 24.2 Å². The Hall–Kier alpha value is -1.78. The van der Waals surface area contributed by atoms with Gasteiger partial charge in [-0.05, 0) is 50.4 Å². The molecule has 0 saturated heterocycles. The average molecular weight is 429 g/mol. The number of unbranched alkanes of at least 4 members (excludes halogenated alkanes) is 9. The van der Waals surface area contributed by atoms with Crippen LogP contribution in [0.15, 0.2) is 47.7 Å². The Labute approximate surface area is 189 Å². The molecule has 0 aliphatic heterocycles. The van der Waals surface area contributed by atoms with Crippen LogP contribution < -0.4 is 10.6 Å². The number of phenolic OH excluding ortho intramolecular Hbond substituents is 1. The van der Waals surface area contributed by atoms with E-state index >= 15 is 0 Å². The van der Waals surface area contributed by atoms with Crippen molar-refractivity contribution in [2.75, 3.05) is 19.6 Å². The number of aliphatic hydroxyl groups is 1. The van der Waals surface area contributed by atoms with Crippen molar-refractivity contribution in [3.05, 3.63) is 53.3 Å². The molecular weight excluding hydrogens is 384 g/mol. The molecule has 4 heteroatoms. The third-order valence-electron chi connectivity index (χ3n) is 6.09. The molecule has 1 aliphatic rings. The molecule has 174 valence electrons. The molecule has 0 amide bonds. The molecule has 1 aromatic carbocycles. The summed E-state index contributed by atoms with van der Waals surface area (Å²) < 4.78 is 0. The molecule has 0 fully saturated rings. The van der Waals surface area contributed by atoms with Gasteiger partial charge in [0.2, 0.25) is 0 Å². The van der Waals surface area contributed by atoms with Gasteiger partial charge in [-0.3, -0.25) is 0 Å². The van der Waals surface area contributed by atoms with Crippen molar-refractivity contribution in [1.29, 1.82) is 0 Å². The van der Waals surface area contributed by atoms with Gasteiger partial charge in [0.05, 0.1) is 0 Å². The first-order valence-corrected chi connectivity index (χ1v) is 12.5. The largest absolute Gasteiger partial charge is 0.508 e. The number of hydrogen-bond donors (Lipinski definition) is 4. The maximum Gasteiger partial charge on any atom is 0.120 e. The van der Waals surface area contributed by atoms with Crippen molar-refractivity contribution >= 4 is 0 Å². The van der Waals surface area contributed by atoms with Crippen LogP contribution in [0.5, 0.6) is 5.75 Å². The van der Waals surface area contributed by atoms with E-state index in [4.69, 9.17) is 0 Å². The fourth-order valence-corrected chi connectivity index (χ4v) is 4.06. The summed E-state index contributed by atoms with van der Waals surface area (Å²) in [6, 6.07) is 7.54. The van der Waals surface area contributed by atoms with E-state index in [2.05, 4.69) is 23.6 Å². The molecular formula is C27H44N2O2. The predicted molar refractivity (Wildman–Crippen MR) is 131 cm³/mol. The molecule has 31 heavy (non-hydrogen) atoms. The number of allylic oxidation sites excluding steroid dienone is 2. The van der Waals surface area contributed by atoms with Crippen LogP contribution in [-0.4, -0.2) is 29.8 Å². The second kappa shape index (κ2) is 15.9. The Morgan fingerprint density at radius 2 is 1.32 bits per heavy atom. The van der Waals surface area contributed by atoms with Crippen LogP contribution >= 0.6 is 0 Å². The fourth-order valence-electron chi connectivity index (χ4n) is 4.06. The number of hydrogen-bond acceptors (Lipinski definition) is 4. The first kappa shape index (κ1) is 25.5. The van der Waals surface area contributed by atoms with Crippen LogP contribution in [0.25, 0.3) is 0 Å². The first-order valence-electron chi connectivity index (χ1n) is 12.5. The molecule has 0 radical (unpaired) electrons. The van der Waals surface area contributed by atoms with Crippen LogP contribution in [0, 0.1) is 5.92 Å². The standard InChI is InChI=1S/C27H44N2O2/c1-23-16-17-25(27(31)20-23)22-29-19-13-9-7-5-3-2-4-6-8-12-18-28-21-24-14-10-11-15-26(24)30/h10-11,14-15,17,20,23,28-31H,2-9,12-13,16,18-19,21-22H2,1H3. The Morgan fingerprint density at radius 3 is 1.90 bits per heavy atom. The van der Waals surface area contributed by atoms with Gasteiger partial charge in [-0.15, -0.1) is 0 Å². The molecule has 0 bridgehead atoms. The van der Waals surface area contributed by atoms with Gasteiger partial charge in [-0.25, -0.2) is 0 Å². The Balaban J connectivity index is 1.29. The maximum absolute atomic E-state index is 9.95. The van der Waals surface area contributed by atoms with Crippen molar-refractivity contribution in [3.63, 3.8) is 0 Å². The Bertz CT molecular complexity index is 669. The van der Waals surface area contributed by atoms with E-state index in [9.17, 15) is 10.2 Å². The highest BCUT2D eigenvalue weighted by molar-refractivity contribution is 5.31. The number of rotatable bonds is 17. The predicted octanol–water partition coefficient (Wildman–Crippen LogP) is 6.38.